The van der Waals surface area contributed by atoms with Crippen LogP contribution in [-0.2, 0) is 4.74 Å². The first kappa shape index (κ1) is 12.1. The molecule has 0 spiro atoms. The van der Waals surface area contributed by atoms with Crippen molar-refractivity contribution in [2.24, 2.45) is 0 Å². The number of carbonyl (C=O) groups excluding carboxylic acids is 1. The predicted octanol–water partition coefficient (Wildman–Crippen LogP) is 2.76. The van der Waals surface area contributed by atoms with Crippen LogP contribution in [0.3, 0.4) is 0 Å². The Morgan fingerprint density at radius 3 is 2.94 bits per heavy atom. The molecule has 1 saturated heterocycles. The van der Waals surface area contributed by atoms with Gasteiger partial charge >= 0.3 is 0 Å². The molecule has 0 atom stereocenters. The minimum atomic E-state index is -0.235. The van der Waals surface area contributed by atoms with Crippen LogP contribution in [0.4, 0.5) is 0 Å². The minimum Gasteiger partial charge on any atom is -0.372 e. The Hall–Kier alpha value is -0.390. The smallest absolute Gasteiger partial charge is 0.254 e. The molecule has 1 fully saturated rings. The molecule has 1 amide bonds. The maximum absolute atomic E-state index is 12.2. The van der Waals surface area contributed by atoms with Gasteiger partial charge in [-0.1, -0.05) is 0 Å². The summed E-state index contributed by atoms with van der Waals surface area (Å²) in [5.74, 6) is 0.0957. The zero-order chi connectivity index (χ0) is 11.8. The number of carbonyl (C=O) groups is 1. The Morgan fingerprint density at radius 1 is 1.62 bits per heavy atom. The van der Waals surface area contributed by atoms with Crippen LogP contribution in [-0.4, -0.2) is 36.1 Å². The molecule has 0 radical (unpaired) electrons. The molecule has 1 aromatic rings. The zero-order valence-electron chi connectivity index (χ0n) is 9.33. The quantitative estimate of drug-likeness (QED) is 0.798. The minimum absolute atomic E-state index is 0.0957. The number of morpholine rings is 1. The van der Waals surface area contributed by atoms with E-state index < -0.39 is 0 Å². The number of thiophene rings is 1. The van der Waals surface area contributed by atoms with Crippen LogP contribution in [0.1, 0.15) is 24.2 Å². The van der Waals surface area contributed by atoms with Crippen molar-refractivity contribution in [2.75, 3.05) is 19.7 Å². The van der Waals surface area contributed by atoms with E-state index >= 15 is 0 Å². The topological polar surface area (TPSA) is 29.5 Å². The highest BCUT2D eigenvalue weighted by atomic mass is 79.9. The molecule has 0 aliphatic carbocycles. The maximum atomic E-state index is 12.2. The van der Waals surface area contributed by atoms with Gasteiger partial charge in [0.05, 0.1) is 21.6 Å². The molecule has 0 saturated carbocycles. The number of hydrogen-bond acceptors (Lipinski definition) is 3. The highest BCUT2D eigenvalue weighted by molar-refractivity contribution is 9.11. The third-order valence-electron chi connectivity index (χ3n) is 2.53. The molecule has 0 unspecified atom stereocenters. The summed E-state index contributed by atoms with van der Waals surface area (Å²) in [6.45, 7) is 5.96. The van der Waals surface area contributed by atoms with Crippen molar-refractivity contribution in [1.82, 2.24) is 4.90 Å². The standard InChI is InChI=1S/C11H14BrNO2S/c1-11(2)7-13(3-4-15-11)10(14)8-5-9(12)16-6-8/h5-6H,3-4,7H2,1-2H3. The molecule has 88 valence electrons. The summed E-state index contributed by atoms with van der Waals surface area (Å²) in [4.78, 5) is 14.0. The molecule has 2 heterocycles. The van der Waals surface area contributed by atoms with Gasteiger partial charge in [0.25, 0.3) is 5.91 Å². The SMILES string of the molecule is CC1(C)CN(C(=O)c2csc(Br)c2)CCO1. The fraction of sp³-hybridized carbons (Fsp3) is 0.545. The van der Waals surface area contributed by atoms with Gasteiger partial charge in [-0.05, 0) is 35.8 Å². The lowest BCUT2D eigenvalue weighted by atomic mass is 10.1. The first-order chi connectivity index (χ1) is 7.48. The first-order valence-electron chi connectivity index (χ1n) is 5.15. The van der Waals surface area contributed by atoms with E-state index in [4.69, 9.17) is 4.74 Å². The summed E-state index contributed by atoms with van der Waals surface area (Å²) < 4.78 is 6.58. The number of ether oxygens (including phenoxy) is 1. The number of amides is 1. The molecule has 3 nitrogen and oxygen atoms in total. The molecule has 0 bridgehead atoms. The second-order valence-electron chi connectivity index (χ2n) is 4.47. The summed E-state index contributed by atoms with van der Waals surface area (Å²) in [5, 5.41) is 1.88. The van der Waals surface area contributed by atoms with Crippen molar-refractivity contribution >= 4 is 33.2 Å². The lowest BCUT2D eigenvalue weighted by Crippen LogP contribution is -2.50. The Balaban J connectivity index is 2.10. The average molecular weight is 304 g/mol. The number of hydrogen-bond donors (Lipinski definition) is 0. The van der Waals surface area contributed by atoms with Gasteiger partial charge in [0.2, 0.25) is 0 Å². The first-order valence-corrected chi connectivity index (χ1v) is 6.82. The van der Waals surface area contributed by atoms with E-state index in [0.717, 1.165) is 9.35 Å². The Kier molecular flexibility index (Phi) is 3.37. The molecule has 1 aliphatic heterocycles. The average Bonchev–Trinajstić information content (AvgIpc) is 2.62. The second-order valence-corrected chi connectivity index (χ2v) is 6.76. The van der Waals surface area contributed by atoms with Gasteiger partial charge in [-0.15, -0.1) is 11.3 Å². The van der Waals surface area contributed by atoms with Crippen LogP contribution < -0.4 is 0 Å². The molecular weight excluding hydrogens is 290 g/mol. The predicted molar refractivity (Wildman–Crippen MR) is 68.0 cm³/mol. The highest BCUT2D eigenvalue weighted by Gasteiger charge is 2.30. The fourth-order valence-corrected chi connectivity index (χ4v) is 2.93. The fourth-order valence-electron chi connectivity index (χ4n) is 1.79. The van der Waals surface area contributed by atoms with Crippen molar-refractivity contribution in [3.05, 3.63) is 20.8 Å². The van der Waals surface area contributed by atoms with Gasteiger partial charge in [-0.25, -0.2) is 0 Å². The van der Waals surface area contributed by atoms with Crippen LogP contribution in [0.2, 0.25) is 0 Å². The normalized spacial score (nSPS) is 19.8. The molecule has 1 aliphatic rings. The Labute approximate surface area is 108 Å². The molecule has 2 rings (SSSR count). The van der Waals surface area contributed by atoms with Gasteiger partial charge in [0.1, 0.15) is 0 Å². The molecule has 16 heavy (non-hydrogen) atoms. The summed E-state index contributed by atoms with van der Waals surface area (Å²) in [7, 11) is 0. The van der Waals surface area contributed by atoms with Crippen molar-refractivity contribution in [2.45, 2.75) is 19.4 Å². The van der Waals surface area contributed by atoms with Gasteiger partial charge in [0.15, 0.2) is 0 Å². The van der Waals surface area contributed by atoms with E-state index in [1.807, 2.05) is 30.2 Å². The second kappa shape index (κ2) is 4.47. The van der Waals surface area contributed by atoms with Gasteiger partial charge in [-0.2, -0.15) is 0 Å². The number of nitrogens with zero attached hydrogens (tertiary/aromatic N) is 1. The van der Waals surface area contributed by atoms with Crippen molar-refractivity contribution in [3.8, 4) is 0 Å². The summed E-state index contributed by atoms with van der Waals surface area (Å²) in [5.41, 5.74) is 0.524. The van der Waals surface area contributed by atoms with Crippen LogP contribution in [0.25, 0.3) is 0 Å². The third kappa shape index (κ3) is 2.64. The van der Waals surface area contributed by atoms with E-state index in [9.17, 15) is 4.79 Å². The number of rotatable bonds is 1. The van der Waals surface area contributed by atoms with E-state index in [1.54, 1.807) is 0 Å². The number of halogens is 1. The van der Waals surface area contributed by atoms with Crippen molar-refractivity contribution < 1.29 is 9.53 Å². The van der Waals surface area contributed by atoms with Crippen molar-refractivity contribution in [1.29, 1.82) is 0 Å². The summed E-state index contributed by atoms with van der Waals surface area (Å²) >= 11 is 4.90. The zero-order valence-corrected chi connectivity index (χ0v) is 11.7. The van der Waals surface area contributed by atoms with Gasteiger partial charge < -0.3 is 9.64 Å². The third-order valence-corrected chi connectivity index (χ3v) is 4.03. The molecule has 1 aromatic heterocycles. The van der Waals surface area contributed by atoms with Crippen molar-refractivity contribution in [3.63, 3.8) is 0 Å². The summed E-state index contributed by atoms with van der Waals surface area (Å²) in [6.07, 6.45) is 0. The van der Waals surface area contributed by atoms with Crippen LogP contribution >= 0.6 is 27.3 Å². The van der Waals surface area contributed by atoms with E-state index in [2.05, 4.69) is 15.9 Å². The molecule has 0 N–H and O–H groups in total. The van der Waals surface area contributed by atoms with Gasteiger partial charge in [0, 0.05) is 18.5 Å². The molecule has 5 heteroatoms. The highest BCUT2D eigenvalue weighted by Crippen LogP contribution is 2.24. The maximum Gasteiger partial charge on any atom is 0.254 e. The van der Waals surface area contributed by atoms with E-state index in [1.165, 1.54) is 11.3 Å². The monoisotopic (exact) mass is 303 g/mol. The largest absolute Gasteiger partial charge is 0.372 e. The van der Waals surface area contributed by atoms with Crippen LogP contribution in [0.15, 0.2) is 15.2 Å². The lowest BCUT2D eigenvalue weighted by molar-refractivity contribution is -0.0763. The van der Waals surface area contributed by atoms with Gasteiger partial charge in [-0.3, -0.25) is 4.79 Å². The van der Waals surface area contributed by atoms with E-state index in [-0.39, 0.29) is 11.5 Å². The molecular formula is C11H14BrNO2S. The summed E-state index contributed by atoms with van der Waals surface area (Å²) in [6, 6.07) is 1.87. The van der Waals surface area contributed by atoms with Crippen LogP contribution in [0, 0.1) is 0 Å². The Bertz CT molecular complexity index is 402. The molecule has 0 aromatic carbocycles. The Morgan fingerprint density at radius 2 is 2.38 bits per heavy atom. The lowest BCUT2D eigenvalue weighted by Gasteiger charge is -2.38. The van der Waals surface area contributed by atoms with E-state index in [0.29, 0.717) is 19.7 Å². The van der Waals surface area contributed by atoms with Crippen LogP contribution in [0.5, 0.6) is 0 Å².